The first-order chi connectivity index (χ1) is 10.8. The minimum absolute atomic E-state index is 0.774. The third-order valence-corrected chi connectivity index (χ3v) is 6.47. The smallest absolute Gasteiger partial charge is 0.179 e. The van der Waals surface area contributed by atoms with Crippen LogP contribution in [-0.2, 0) is 12.8 Å². The molecular formula is C16H14N4S2. The summed E-state index contributed by atoms with van der Waals surface area (Å²) in [5.41, 5.74) is 2.42. The Morgan fingerprint density at radius 2 is 2.27 bits per heavy atom. The quantitative estimate of drug-likeness (QED) is 0.527. The molecule has 0 aliphatic heterocycles. The molecule has 0 N–H and O–H groups in total. The highest BCUT2D eigenvalue weighted by Gasteiger charge is 2.24. The monoisotopic (exact) mass is 326 g/mol. The van der Waals surface area contributed by atoms with Crippen molar-refractivity contribution in [2.75, 3.05) is 0 Å². The summed E-state index contributed by atoms with van der Waals surface area (Å²) < 4.78 is 2.04. The number of thiophene rings is 2. The molecule has 1 atom stereocenters. The fourth-order valence-corrected chi connectivity index (χ4v) is 5.36. The van der Waals surface area contributed by atoms with Gasteiger partial charge in [0.25, 0.3) is 0 Å². The lowest BCUT2D eigenvalue weighted by Gasteiger charge is -2.17. The van der Waals surface area contributed by atoms with E-state index in [4.69, 9.17) is 0 Å². The molecule has 0 spiro atoms. The van der Waals surface area contributed by atoms with Gasteiger partial charge in [0, 0.05) is 4.88 Å². The first-order valence-corrected chi connectivity index (χ1v) is 9.18. The van der Waals surface area contributed by atoms with Gasteiger partial charge < -0.3 is 0 Å². The van der Waals surface area contributed by atoms with E-state index < -0.39 is 0 Å². The Kier molecular flexibility index (Phi) is 2.66. The predicted octanol–water partition coefficient (Wildman–Crippen LogP) is 4.19. The van der Waals surface area contributed by atoms with Crippen LogP contribution in [0.25, 0.3) is 26.6 Å². The van der Waals surface area contributed by atoms with Gasteiger partial charge in [0.15, 0.2) is 11.5 Å². The molecule has 1 aliphatic rings. The fraction of sp³-hybridized carbons (Fsp3) is 0.312. The molecule has 22 heavy (non-hydrogen) atoms. The van der Waals surface area contributed by atoms with Crippen LogP contribution in [0, 0.1) is 5.92 Å². The van der Waals surface area contributed by atoms with Crippen molar-refractivity contribution < 1.29 is 0 Å². The molecule has 0 unspecified atom stereocenters. The van der Waals surface area contributed by atoms with Crippen molar-refractivity contribution in [1.82, 2.24) is 19.6 Å². The Bertz CT molecular complexity index is 981. The Morgan fingerprint density at radius 3 is 3.14 bits per heavy atom. The largest absolute Gasteiger partial charge is 0.264 e. The van der Waals surface area contributed by atoms with Gasteiger partial charge in [-0.1, -0.05) is 13.0 Å². The standard InChI is InChI=1S/C16H14N4S2/c1-9-4-5-10-12(7-9)22-16-13(10)15-19-18-14(20(15)8-17-16)11-3-2-6-21-11/h2-3,6,8-9H,4-5,7H2,1H3/t9-/m1/s1. The predicted molar refractivity (Wildman–Crippen MR) is 90.7 cm³/mol. The maximum absolute atomic E-state index is 4.69. The summed E-state index contributed by atoms with van der Waals surface area (Å²) in [6.45, 7) is 2.34. The number of aryl methyl sites for hydroxylation is 1. The average Bonchev–Trinajstić information content (AvgIpc) is 3.22. The molecule has 4 heterocycles. The van der Waals surface area contributed by atoms with Crippen LogP contribution in [0.15, 0.2) is 23.8 Å². The summed E-state index contributed by atoms with van der Waals surface area (Å²) in [6.07, 6.45) is 5.44. The van der Waals surface area contributed by atoms with Gasteiger partial charge in [-0.05, 0) is 42.2 Å². The van der Waals surface area contributed by atoms with Gasteiger partial charge in [-0.3, -0.25) is 4.40 Å². The van der Waals surface area contributed by atoms with Crippen LogP contribution < -0.4 is 0 Å². The van der Waals surface area contributed by atoms with E-state index >= 15 is 0 Å². The van der Waals surface area contributed by atoms with Crippen LogP contribution in [0.1, 0.15) is 23.8 Å². The summed E-state index contributed by atoms with van der Waals surface area (Å²) in [5.74, 6) is 1.67. The highest BCUT2D eigenvalue weighted by Crippen LogP contribution is 2.39. The third kappa shape index (κ3) is 1.71. The Hall–Kier alpha value is -1.79. The van der Waals surface area contributed by atoms with Gasteiger partial charge in [-0.25, -0.2) is 4.98 Å². The van der Waals surface area contributed by atoms with E-state index in [1.54, 1.807) is 11.3 Å². The molecule has 0 bridgehead atoms. The SMILES string of the molecule is C[C@@H]1CCc2c(sc3ncn4c(-c5cccs5)nnc4c23)C1. The third-order valence-electron chi connectivity index (χ3n) is 4.44. The van der Waals surface area contributed by atoms with Crippen molar-refractivity contribution in [3.8, 4) is 10.7 Å². The van der Waals surface area contributed by atoms with Crippen molar-refractivity contribution in [2.24, 2.45) is 5.92 Å². The van der Waals surface area contributed by atoms with E-state index in [0.29, 0.717) is 0 Å². The number of hydrogen-bond acceptors (Lipinski definition) is 5. The van der Waals surface area contributed by atoms with Crippen LogP contribution >= 0.6 is 22.7 Å². The van der Waals surface area contributed by atoms with Crippen molar-refractivity contribution in [2.45, 2.75) is 26.2 Å². The molecule has 1 aliphatic carbocycles. The van der Waals surface area contributed by atoms with E-state index in [0.717, 1.165) is 33.5 Å². The van der Waals surface area contributed by atoms with Gasteiger partial charge in [0.1, 0.15) is 11.2 Å². The number of aromatic nitrogens is 4. The van der Waals surface area contributed by atoms with Gasteiger partial charge in [-0.15, -0.1) is 32.9 Å². The second kappa shape index (κ2) is 4.60. The molecule has 0 saturated heterocycles. The maximum atomic E-state index is 4.69. The molecule has 0 saturated carbocycles. The molecule has 6 heteroatoms. The molecule has 0 amide bonds. The van der Waals surface area contributed by atoms with Gasteiger partial charge >= 0.3 is 0 Å². The number of fused-ring (bicyclic) bond motifs is 5. The molecule has 110 valence electrons. The van der Waals surface area contributed by atoms with Gasteiger partial charge in [0.05, 0.1) is 10.3 Å². The number of nitrogens with zero attached hydrogens (tertiary/aromatic N) is 4. The Balaban J connectivity index is 1.82. The van der Waals surface area contributed by atoms with Gasteiger partial charge in [-0.2, -0.15) is 0 Å². The normalized spacial score (nSPS) is 18.1. The van der Waals surface area contributed by atoms with Crippen molar-refractivity contribution in [3.63, 3.8) is 0 Å². The van der Waals surface area contributed by atoms with Crippen LogP contribution in [0.2, 0.25) is 0 Å². The van der Waals surface area contributed by atoms with Crippen molar-refractivity contribution in [3.05, 3.63) is 34.3 Å². The van der Waals surface area contributed by atoms with Crippen LogP contribution in [0.3, 0.4) is 0 Å². The highest BCUT2D eigenvalue weighted by atomic mass is 32.1. The zero-order chi connectivity index (χ0) is 14.7. The lowest BCUT2D eigenvalue weighted by Crippen LogP contribution is -2.08. The molecule has 0 radical (unpaired) electrons. The van der Waals surface area contributed by atoms with E-state index in [2.05, 4.69) is 33.6 Å². The molecule has 5 rings (SSSR count). The molecule has 4 aromatic rings. The fourth-order valence-electron chi connectivity index (χ4n) is 3.31. The average molecular weight is 326 g/mol. The van der Waals surface area contributed by atoms with E-state index in [9.17, 15) is 0 Å². The first-order valence-electron chi connectivity index (χ1n) is 7.49. The molecular weight excluding hydrogens is 312 g/mol. The van der Waals surface area contributed by atoms with Crippen LogP contribution in [0.4, 0.5) is 0 Å². The number of hydrogen-bond donors (Lipinski definition) is 0. The molecule has 0 aromatic carbocycles. The van der Waals surface area contributed by atoms with Crippen LogP contribution in [-0.4, -0.2) is 19.6 Å². The summed E-state index contributed by atoms with van der Waals surface area (Å²) in [5, 5.41) is 12.2. The van der Waals surface area contributed by atoms with Crippen molar-refractivity contribution >= 4 is 38.5 Å². The minimum Gasteiger partial charge on any atom is -0.264 e. The van der Waals surface area contributed by atoms with E-state index in [-0.39, 0.29) is 0 Å². The zero-order valence-electron chi connectivity index (χ0n) is 12.1. The lowest BCUT2D eigenvalue weighted by molar-refractivity contribution is 0.509. The second-order valence-corrected chi connectivity index (χ2v) is 8.00. The minimum atomic E-state index is 0.774. The van der Waals surface area contributed by atoms with E-state index in [1.807, 2.05) is 28.1 Å². The van der Waals surface area contributed by atoms with E-state index in [1.165, 1.54) is 28.7 Å². The zero-order valence-corrected chi connectivity index (χ0v) is 13.7. The summed E-state index contributed by atoms with van der Waals surface area (Å²) in [6, 6.07) is 4.12. The molecule has 4 aromatic heterocycles. The summed E-state index contributed by atoms with van der Waals surface area (Å²) in [4.78, 5) is 8.42. The van der Waals surface area contributed by atoms with Gasteiger partial charge in [0.2, 0.25) is 0 Å². The maximum Gasteiger partial charge on any atom is 0.179 e. The van der Waals surface area contributed by atoms with Crippen molar-refractivity contribution in [1.29, 1.82) is 0 Å². The molecule has 4 nitrogen and oxygen atoms in total. The second-order valence-electron chi connectivity index (χ2n) is 5.97. The summed E-state index contributed by atoms with van der Waals surface area (Å²) >= 11 is 3.52. The molecule has 0 fully saturated rings. The topological polar surface area (TPSA) is 43.1 Å². The highest BCUT2D eigenvalue weighted by molar-refractivity contribution is 7.19. The summed E-state index contributed by atoms with van der Waals surface area (Å²) in [7, 11) is 0. The van der Waals surface area contributed by atoms with Crippen LogP contribution in [0.5, 0.6) is 0 Å². The lowest BCUT2D eigenvalue weighted by atomic mass is 9.89. The number of rotatable bonds is 1. The Labute approximate surface area is 135 Å². The Morgan fingerprint density at radius 1 is 1.32 bits per heavy atom. The first kappa shape index (κ1) is 12.7.